The van der Waals surface area contributed by atoms with Gasteiger partial charge in [-0.2, -0.15) is 0 Å². The zero-order valence-electron chi connectivity index (χ0n) is 10.1. The number of hydrogen-bond donors (Lipinski definition) is 1. The van der Waals surface area contributed by atoms with Crippen molar-refractivity contribution < 1.29 is 14.1 Å². The lowest BCUT2D eigenvalue weighted by Gasteiger charge is -2.33. The van der Waals surface area contributed by atoms with Gasteiger partial charge in [0.25, 0.3) is 5.91 Å². The van der Waals surface area contributed by atoms with E-state index in [9.17, 15) is 4.79 Å². The van der Waals surface area contributed by atoms with Crippen LogP contribution in [0.5, 0.6) is 0 Å². The Hall–Kier alpha value is -1.40. The van der Waals surface area contributed by atoms with Gasteiger partial charge in [-0.15, -0.1) is 0 Å². The van der Waals surface area contributed by atoms with Crippen LogP contribution in [0.15, 0.2) is 10.6 Å². The summed E-state index contributed by atoms with van der Waals surface area (Å²) in [4.78, 5) is 14.0. The monoisotopic (exact) mass is 239 g/mol. The van der Waals surface area contributed by atoms with E-state index in [4.69, 9.17) is 9.26 Å². The van der Waals surface area contributed by atoms with Crippen molar-refractivity contribution in [3.63, 3.8) is 0 Å². The van der Waals surface area contributed by atoms with Crippen LogP contribution in [0, 0.1) is 0 Å². The molecule has 1 fully saturated rings. The van der Waals surface area contributed by atoms with Gasteiger partial charge < -0.3 is 19.5 Å². The third-order valence-electron chi connectivity index (χ3n) is 2.83. The molecule has 1 aliphatic heterocycles. The van der Waals surface area contributed by atoms with Gasteiger partial charge >= 0.3 is 0 Å². The predicted octanol–water partition coefficient (Wildman–Crippen LogP) is 0.255. The first kappa shape index (κ1) is 12.1. The smallest absolute Gasteiger partial charge is 0.276 e. The minimum Gasteiger partial charge on any atom is -0.377 e. The second kappa shape index (κ2) is 5.29. The molecule has 1 atom stereocenters. The van der Waals surface area contributed by atoms with Crippen molar-refractivity contribution in [2.24, 2.45) is 0 Å². The molecule has 1 amide bonds. The van der Waals surface area contributed by atoms with Crippen molar-refractivity contribution >= 4 is 5.91 Å². The number of nitrogens with one attached hydrogen (secondary N) is 1. The van der Waals surface area contributed by atoms with E-state index >= 15 is 0 Å². The van der Waals surface area contributed by atoms with E-state index in [1.54, 1.807) is 13.2 Å². The van der Waals surface area contributed by atoms with E-state index in [1.165, 1.54) is 0 Å². The summed E-state index contributed by atoms with van der Waals surface area (Å²) >= 11 is 0. The van der Waals surface area contributed by atoms with Crippen LogP contribution in [-0.4, -0.2) is 48.7 Å². The second-order valence-electron chi connectivity index (χ2n) is 4.16. The molecule has 94 valence electrons. The number of nitrogens with zero attached hydrogens (tertiary/aromatic N) is 2. The van der Waals surface area contributed by atoms with Crippen molar-refractivity contribution in [1.82, 2.24) is 15.4 Å². The number of ether oxygens (including phenoxy) is 1. The Morgan fingerprint density at radius 2 is 2.59 bits per heavy atom. The molecular formula is C11H17N3O3. The molecule has 0 aromatic carbocycles. The van der Waals surface area contributed by atoms with Crippen molar-refractivity contribution in [3.8, 4) is 0 Å². The molecule has 0 spiro atoms. The molecule has 1 aromatic heterocycles. The largest absolute Gasteiger partial charge is 0.377 e. The van der Waals surface area contributed by atoms with E-state index in [1.807, 2.05) is 11.8 Å². The average molecular weight is 239 g/mol. The highest BCUT2D eigenvalue weighted by Crippen LogP contribution is 2.11. The molecule has 0 radical (unpaired) electrons. The van der Waals surface area contributed by atoms with Crippen molar-refractivity contribution in [3.05, 3.63) is 17.5 Å². The summed E-state index contributed by atoms with van der Waals surface area (Å²) in [5.41, 5.74) is 0.353. The molecular weight excluding hydrogens is 222 g/mol. The molecule has 2 rings (SSSR count). The Morgan fingerprint density at radius 3 is 3.29 bits per heavy atom. The first-order valence-electron chi connectivity index (χ1n) is 5.68. The standard InChI is InChI=1S/C11H17N3O3/c1-8-6-12-3-4-14(8)11(15)10-5-9(7-16-2)17-13-10/h5,8,12H,3-4,6-7H2,1-2H3/t8-/m0/s1. The Bertz CT molecular complexity index is 391. The molecule has 1 saturated heterocycles. The highest BCUT2D eigenvalue weighted by molar-refractivity contribution is 5.92. The number of rotatable bonds is 3. The van der Waals surface area contributed by atoms with Gasteiger partial charge in [-0.1, -0.05) is 5.16 Å². The fraction of sp³-hybridized carbons (Fsp3) is 0.636. The van der Waals surface area contributed by atoms with Crippen LogP contribution in [0.1, 0.15) is 23.2 Å². The van der Waals surface area contributed by atoms with E-state index < -0.39 is 0 Å². The molecule has 1 N–H and O–H groups in total. The quantitative estimate of drug-likeness (QED) is 0.819. The number of amides is 1. The molecule has 2 heterocycles. The normalized spacial score (nSPS) is 20.6. The van der Waals surface area contributed by atoms with Gasteiger partial charge in [0.05, 0.1) is 0 Å². The van der Waals surface area contributed by atoms with Gasteiger partial charge in [0.2, 0.25) is 0 Å². The average Bonchev–Trinajstić information content (AvgIpc) is 2.78. The van der Waals surface area contributed by atoms with Gasteiger partial charge in [-0.25, -0.2) is 0 Å². The summed E-state index contributed by atoms with van der Waals surface area (Å²) in [5, 5.41) is 7.02. The first-order chi connectivity index (χ1) is 8.22. The summed E-state index contributed by atoms with van der Waals surface area (Å²) in [6, 6.07) is 1.82. The van der Waals surface area contributed by atoms with Crippen LogP contribution in [0.3, 0.4) is 0 Å². The van der Waals surface area contributed by atoms with E-state index in [0.717, 1.165) is 13.1 Å². The Kier molecular flexibility index (Phi) is 3.75. The number of piperazine rings is 1. The van der Waals surface area contributed by atoms with E-state index in [-0.39, 0.29) is 11.9 Å². The number of hydrogen-bond acceptors (Lipinski definition) is 5. The summed E-state index contributed by atoms with van der Waals surface area (Å²) in [5.74, 6) is 0.490. The third-order valence-corrected chi connectivity index (χ3v) is 2.83. The van der Waals surface area contributed by atoms with E-state index in [0.29, 0.717) is 24.6 Å². The number of carbonyl (C=O) groups excluding carboxylic acids is 1. The number of aromatic nitrogens is 1. The lowest BCUT2D eigenvalue weighted by molar-refractivity contribution is 0.0644. The maximum atomic E-state index is 12.2. The van der Waals surface area contributed by atoms with Crippen molar-refractivity contribution in [2.75, 3.05) is 26.7 Å². The zero-order valence-corrected chi connectivity index (χ0v) is 10.1. The van der Waals surface area contributed by atoms with Crippen LogP contribution in [0.4, 0.5) is 0 Å². The van der Waals surface area contributed by atoms with Gasteiger partial charge in [0.15, 0.2) is 11.5 Å². The second-order valence-corrected chi connectivity index (χ2v) is 4.16. The van der Waals surface area contributed by atoms with E-state index in [2.05, 4.69) is 10.5 Å². The lowest BCUT2D eigenvalue weighted by atomic mass is 10.2. The van der Waals surface area contributed by atoms with Crippen molar-refractivity contribution in [2.45, 2.75) is 19.6 Å². The van der Waals surface area contributed by atoms with Crippen LogP contribution >= 0.6 is 0 Å². The molecule has 0 bridgehead atoms. The molecule has 6 nitrogen and oxygen atoms in total. The molecule has 1 aliphatic rings. The predicted molar refractivity (Wildman–Crippen MR) is 60.6 cm³/mol. The highest BCUT2D eigenvalue weighted by Gasteiger charge is 2.26. The van der Waals surface area contributed by atoms with Crippen LogP contribution in [0.25, 0.3) is 0 Å². The summed E-state index contributed by atoms with van der Waals surface area (Å²) < 4.78 is 9.93. The molecule has 17 heavy (non-hydrogen) atoms. The Balaban J connectivity index is 2.07. The molecule has 6 heteroatoms. The maximum absolute atomic E-state index is 12.2. The van der Waals surface area contributed by atoms with Crippen LogP contribution in [-0.2, 0) is 11.3 Å². The first-order valence-corrected chi connectivity index (χ1v) is 5.68. The maximum Gasteiger partial charge on any atom is 0.276 e. The fourth-order valence-electron chi connectivity index (χ4n) is 1.91. The number of methoxy groups -OCH3 is 1. The molecule has 0 unspecified atom stereocenters. The molecule has 1 aromatic rings. The van der Waals surface area contributed by atoms with Gasteiger partial charge in [0, 0.05) is 38.9 Å². The highest BCUT2D eigenvalue weighted by atomic mass is 16.5. The van der Waals surface area contributed by atoms with Crippen molar-refractivity contribution in [1.29, 1.82) is 0 Å². The summed E-state index contributed by atoms with van der Waals surface area (Å²) in [7, 11) is 1.57. The molecule has 0 aliphatic carbocycles. The minimum absolute atomic E-state index is 0.0786. The minimum atomic E-state index is -0.0786. The van der Waals surface area contributed by atoms with Crippen LogP contribution < -0.4 is 5.32 Å². The SMILES string of the molecule is COCc1cc(C(=O)N2CCNC[C@@H]2C)no1. The van der Waals surface area contributed by atoms with Gasteiger partial charge in [0.1, 0.15) is 6.61 Å². The zero-order chi connectivity index (χ0) is 12.3. The molecule has 0 saturated carbocycles. The topological polar surface area (TPSA) is 67.6 Å². The van der Waals surface area contributed by atoms with Gasteiger partial charge in [-0.05, 0) is 6.92 Å². The summed E-state index contributed by atoms with van der Waals surface area (Å²) in [6.07, 6.45) is 0. The van der Waals surface area contributed by atoms with Crippen LogP contribution in [0.2, 0.25) is 0 Å². The Labute approximate surface area is 99.9 Å². The summed E-state index contributed by atoms with van der Waals surface area (Å²) in [6.45, 7) is 4.68. The third kappa shape index (κ3) is 2.65. The Morgan fingerprint density at radius 1 is 1.76 bits per heavy atom. The lowest BCUT2D eigenvalue weighted by Crippen LogP contribution is -2.52. The fourth-order valence-corrected chi connectivity index (χ4v) is 1.91. The van der Waals surface area contributed by atoms with Gasteiger partial charge in [-0.3, -0.25) is 4.79 Å². The number of carbonyl (C=O) groups is 1.